The van der Waals surface area contributed by atoms with Crippen LogP contribution in [-0.2, 0) is 17.2 Å². The normalized spacial score (nSPS) is 13.6. The Morgan fingerprint density at radius 1 is 0.818 bits per heavy atom. The number of fused-ring (bicyclic) bond motifs is 1. The molecule has 0 aromatic heterocycles. The number of rotatable bonds is 4. The van der Waals surface area contributed by atoms with Crippen molar-refractivity contribution in [2.45, 2.75) is 17.2 Å². The zero-order valence-corrected chi connectivity index (χ0v) is 14.9. The lowest BCUT2D eigenvalue weighted by atomic mass is 10.1. The maximum atomic E-state index is 12.4. The highest BCUT2D eigenvalue weighted by atomic mass is 79.9. The predicted molar refractivity (Wildman–Crippen MR) is 92.4 cm³/mol. The lowest BCUT2D eigenvalue weighted by molar-refractivity contribution is 0.0642. The van der Waals surface area contributed by atoms with Gasteiger partial charge in [0, 0.05) is 10.7 Å². The zero-order chi connectivity index (χ0) is 15.7. The summed E-state index contributed by atoms with van der Waals surface area (Å²) in [6, 6.07) is 13.0. The van der Waals surface area contributed by atoms with Crippen LogP contribution in [0.15, 0.2) is 42.5 Å². The fourth-order valence-corrected chi connectivity index (χ4v) is 3.67. The summed E-state index contributed by atoms with van der Waals surface area (Å²) in [6.07, 6.45) is 0. The van der Waals surface area contributed by atoms with E-state index in [9.17, 15) is 9.59 Å². The van der Waals surface area contributed by atoms with Gasteiger partial charge in [-0.2, -0.15) is 0 Å². The topological polar surface area (TPSA) is 37.4 Å². The van der Waals surface area contributed by atoms with Gasteiger partial charge >= 0.3 is 0 Å². The molecule has 112 valence electrons. The van der Waals surface area contributed by atoms with Crippen LogP contribution in [0.5, 0.6) is 0 Å². The molecule has 0 radical (unpaired) electrons. The predicted octanol–water partition coefficient (Wildman–Crippen LogP) is 4.27. The van der Waals surface area contributed by atoms with Gasteiger partial charge in [-0.15, -0.1) is 0 Å². The van der Waals surface area contributed by atoms with E-state index in [1.807, 2.05) is 18.2 Å². The molecule has 0 atom stereocenters. The Hall–Kier alpha value is -1.46. The van der Waals surface area contributed by atoms with Crippen molar-refractivity contribution < 1.29 is 9.59 Å². The number of carbonyl (C=O) groups excluding carboxylic acids is 2. The van der Waals surface area contributed by atoms with Crippen LogP contribution in [0.25, 0.3) is 0 Å². The minimum Gasteiger partial charge on any atom is -0.270 e. The molecule has 1 aliphatic rings. The van der Waals surface area contributed by atoms with E-state index < -0.39 is 0 Å². The van der Waals surface area contributed by atoms with E-state index in [1.165, 1.54) is 10.5 Å². The number of imide groups is 1. The van der Waals surface area contributed by atoms with Crippen LogP contribution in [-0.4, -0.2) is 16.7 Å². The summed E-state index contributed by atoms with van der Waals surface area (Å²) in [5.41, 5.74) is 4.29. The maximum absolute atomic E-state index is 12.4. The second-order valence-electron chi connectivity index (χ2n) is 5.11. The Balaban J connectivity index is 1.89. The molecule has 0 fully saturated rings. The summed E-state index contributed by atoms with van der Waals surface area (Å²) >= 11 is 6.94. The highest BCUT2D eigenvalue weighted by Crippen LogP contribution is 2.25. The summed E-state index contributed by atoms with van der Waals surface area (Å²) in [5.74, 6) is -0.434. The van der Waals surface area contributed by atoms with Crippen molar-refractivity contribution in [2.75, 3.05) is 0 Å². The second kappa shape index (κ2) is 6.34. The number of hydrogen-bond donors (Lipinski definition) is 0. The highest BCUT2D eigenvalue weighted by molar-refractivity contribution is 9.09. The Bertz CT molecular complexity index is 723. The lowest BCUT2D eigenvalue weighted by Gasteiger charge is -2.15. The van der Waals surface area contributed by atoms with Gasteiger partial charge in [-0.1, -0.05) is 62.2 Å². The molecule has 3 rings (SSSR count). The Kier molecular flexibility index (Phi) is 4.45. The third-order valence-corrected chi connectivity index (χ3v) is 4.99. The van der Waals surface area contributed by atoms with Gasteiger partial charge in [-0.3, -0.25) is 14.5 Å². The Morgan fingerprint density at radius 3 is 1.95 bits per heavy atom. The van der Waals surface area contributed by atoms with E-state index in [4.69, 9.17) is 0 Å². The second-order valence-corrected chi connectivity index (χ2v) is 6.23. The van der Waals surface area contributed by atoms with Gasteiger partial charge in [0.15, 0.2) is 0 Å². The molecule has 0 N–H and O–H groups in total. The number of halogens is 2. The fourth-order valence-electron chi connectivity index (χ4n) is 2.60. The fraction of sp³-hybridized carbons (Fsp3) is 0.176. The van der Waals surface area contributed by atoms with Crippen LogP contribution in [0.3, 0.4) is 0 Å². The monoisotopic (exact) mass is 421 g/mol. The number of benzene rings is 2. The van der Waals surface area contributed by atoms with Gasteiger partial charge in [0.2, 0.25) is 0 Å². The molecular formula is C17H13Br2NO2. The minimum atomic E-state index is -0.217. The average Bonchev–Trinajstić information content (AvgIpc) is 2.80. The average molecular weight is 423 g/mol. The van der Waals surface area contributed by atoms with Gasteiger partial charge < -0.3 is 0 Å². The van der Waals surface area contributed by atoms with Crippen molar-refractivity contribution in [1.82, 2.24) is 4.90 Å². The molecule has 0 saturated carbocycles. The highest BCUT2D eigenvalue weighted by Gasteiger charge is 2.34. The molecule has 0 unspecified atom stereocenters. The smallest absolute Gasteiger partial charge is 0.261 e. The lowest BCUT2D eigenvalue weighted by Crippen LogP contribution is -2.29. The third-order valence-electron chi connectivity index (χ3n) is 3.78. The van der Waals surface area contributed by atoms with Gasteiger partial charge in [-0.25, -0.2) is 0 Å². The first-order valence-electron chi connectivity index (χ1n) is 6.83. The Labute approximate surface area is 145 Å². The summed E-state index contributed by atoms with van der Waals surface area (Å²) in [6.45, 7) is 0.301. The van der Waals surface area contributed by atoms with Crippen LogP contribution in [0.2, 0.25) is 0 Å². The standard InChI is InChI=1S/C17H13Br2NO2/c18-8-12-6-5-11(7-13(12)9-19)10-20-16(21)14-3-1-2-4-15(14)17(20)22/h1-7H,8-10H2. The van der Waals surface area contributed by atoms with Gasteiger partial charge in [0.05, 0.1) is 17.7 Å². The molecule has 0 saturated heterocycles. The summed E-state index contributed by atoms with van der Waals surface area (Å²) in [5, 5.41) is 1.52. The minimum absolute atomic E-state index is 0.217. The number of alkyl halides is 2. The largest absolute Gasteiger partial charge is 0.270 e. The van der Waals surface area contributed by atoms with Crippen LogP contribution >= 0.6 is 31.9 Å². The molecule has 0 aliphatic carbocycles. The zero-order valence-electron chi connectivity index (χ0n) is 11.7. The third kappa shape index (κ3) is 2.63. The number of amides is 2. The molecule has 0 bridgehead atoms. The van der Waals surface area contributed by atoms with Crippen molar-refractivity contribution in [3.8, 4) is 0 Å². The van der Waals surface area contributed by atoms with E-state index in [0.717, 1.165) is 21.8 Å². The molecule has 2 aromatic rings. The molecule has 2 aromatic carbocycles. The number of hydrogen-bond acceptors (Lipinski definition) is 2. The van der Waals surface area contributed by atoms with E-state index in [0.29, 0.717) is 17.7 Å². The summed E-state index contributed by atoms with van der Waals surface area (Å²) in [7, 11) is 0. The van der Waals surface area contributed by atoms with Gasteiger partial charge in [-0.05, 0) is 28.8 Å². The summed E-state index contributed by atoms with van der Waals surface area (Å²) in [4.78, 5) is 26.1. The molecule has 3 nitrogen and oxygen atoms in total. The van der Waals surface area contributed by atoms with E-state index in [2.05, 4.69) is 31.9 Å². The number of nitrogens with zero attached hydrogens (tertiary/aromatic N) is 1. The van der Waals surface area contributed by atoms with Crippen molar-refractivity contribution in [1.29, 1.82) is 0 Å². The van der Waals surface area contributed by atoms with Crippen LogP contribution in [0.1, 0.15) is 37.4 Å². The van der Waals surface area contributed by atoms with E-state index in [-0.39, 0.29) is 11.8 Å². The van der Waals surface area contributed by atoms with E-state index >= 15 is 0 Å². The van der Waals surface area contributed by atoms with Crippen molar-refractivity contribution in [3.63, 3.8) is 0 Å². The molecule has 1 aliphatic heterocycles. The van der Waals surface area contributed by atoms with Gasteiger partial charge in [0.1, 0.15) is 0 Å². The molecule has 0 spiro atoms. The van der Waals surface area contributed by atoms with Crippen LogP contribution in [0, 0.1) is 0 Å². The quantitative estimate of drug-likeness (QED) is 0.544. The molecule has 1 heterocycles. The van der Waals surface area contributed by atoms with Crippen LogP contribution < -0.4 is 0 Å². The first-order chi connectivity index (χ1) is 10.7. The number of carbonyl (C=O) groups is 2. The first kappa shape index (κ1) is 15.4. The molecule has 22 heavy (non-hydrogen) atoms. The van der Waals surface area contributed by atoms with Crippen molar-refractivity contribution >= 4 is 43.7 Å². The first-order valence-corrected chi connectivity index (χ1v) is 9.08. The Morgan fingerprint density at radius 2 is 1.41 bits per heavy atom. The summed E-state index contributed by atoms with van der Waals surface area (Å²) < 4.78 is 0. The van der Waals surface area contributed by atoms with E-state index in [1.54, 1.807) is 24.3 Å². The van der Waals surface area contributed by atoms with Gasteiger partial charge in [0.25, 0.3) is 11.8 Å². The molecular weight excluding hydrogens is 410 g/mol. The van der Waals surface area contributed by atoms with Crippen molar-refractivity contribution in [2.24, 2.45) is 0 Å². The SMILES string of the molecule is O=C1c2ccccc2C(=O)N1Cc1ccc(CBr)c(CBr)c1. The van der Waals surface area contributed by atoms with Crippen LogP contribution in [0.4, 0.5) is 0 Å². The van der Waals surface area contributed by atoms with Crippen molar-refractivity contribution in [3.05, 3.63) is 70.3 Å². The maximum Gasteiger partial charge on any atom is 0.261 e. The molecule has 5 heteroatoms. The molecule has 2 amide bonds.